The molecule has 15 heavy (non-hydrogen) atoms. The van der Waals surface area contributed by atoms with Crippen LogP contribution in [0.5, 0.6) is 0 Å². The molecule has 0 saturated carbocycles. The number of hydrogen-bond acceptors (Lipinski definition) is 3. The number of hydrogen-bond donors (Lipinski definition) is 1. The molecule has 2 nitrogen and oxygen atoms in total. The number of nitrogens with one attached hydrogen (secondary N) is 1. The first kappa shape index (κ1) is 12.8. The summed E-state index contributed by atoms with van der Waals surface area (Å²) in [5.74, 6) is 1.19. The van der Waals surface area contributed by atoms with E-state index in [0.29, 0.717) is 11.2 Å². The van der Waals surface area contributed by atoms with Gasteiger partial charge in [-0.05, 0) is 31.4 Å². The molecule has 0 radical (unpaired) electrons. The van der Waals surface area contributed by atoms with Gasteiger partial charge in [-0.3, -0.25) is 0 Å². The molecule has 1 atom stereocenters. The molecule has 0 amide bonds. The van der Waals surface area contributed by atoms with Crippen LogP contribution in [0.4, 0.5) is 0 Å². The summed E-state index contributed by atoms with van der Waals surface area (Å²) in [5.41, 5.74) is 1.06. The van der Waals surface area contributed by atoms with E-state index in [2.05, 4.69) is 23.5 Å². The molecule has 1 rings (SSSR count). The second-order valence-electron chi connectivity index (χ2n) is 3.52. The summed E-state index contributed by atoms with van der Waals surface area (Å²) in [5, 5.41) is 4.04. The van der Waals surface area contributed by atoms with Crippen LogP contribution in [0.2, 0.25) is 5.15 Å². The van der Waals surface area contributed by atoms with Crippen molar-refractivity contribution in [2.45, 2.75) is 25.9 Å². The standard InChI is InChI=1S/C11H17ClN2S/c1-9(5-7-15-2)14-8-10-4-3-6-13-11(10)12/h3-4,6,9,14H,5,7-8H2,1-2H3. The summed E-state index contributed by atoms with van der Waals surface area (Å²) in [4.78, 5) is 4.04. The van der Waals surface area contributed by atoms with Gasteiger partial charge in [0.25, 0.3) is 0 Å². The lowest BCUT2D eigenvalue weighted by atomic mass is 10.2. The molecule has 0 bridgehead atoms. The van der Waals surface area contributed by atoms with E-state index < -0.39 is 0 Å². The molecule has 1 heterocycles. The van der Waals surface area contributed by atoms with E-state index in [4.69, 9.17) is 11.6 Å². The average molecular weight is 245 g/mol. The second-order valence-corrected chi connectivity index (χ2v) is 4.86. The first-order chi connectivity index (χ1) is 7.24. The maximum atomic E-state index is 5.96. The van der Waals surface area contributed by atoms with Gasteiger partial charge in [0.1, 0.15) is 5.15 Å². The number of aromatic nitrogens is 1. The Kier molecular flexibility index (Phi) is 6.06. The summed E-state index contributed by atoms with van der Waals surface area (Å²) in [6.07, 6.45) is 5.02. The van der Waals surface area contributed by atoms with Crippen molar-refractivity contribution >= 4 is 23.4 Å². The Morgan fingerprint density at radius 1 is 1.60 bits per heavy atom. The summed E-state index contributed by atoms with van der Waals surface area (Å²) in [6, 6.07) is 4.44. The molecule has 1 N–H and O–H groups in total. The second kappa shape index (κ2) is 7.09. The monoisotopic (exact) mass is 244 g/mol. The van der Waals surface area contributed by atoms with Crippen molar-refractivity contribution in [1.82, 2.24) is 10.3 Å². The van der Waals surface area contributed by atoms with Gasteiger partial charge in [-0.15, -0.1) is 0 Å². The largest absolute Gasteiger partial charge is 0.310 e. The Balaban J connectivity index is 2.33. The Morgan fingerprint density at radius 3 is 3.07 bits per heavy atom. The third-order valence-corrected chi connectivity index (χ3v) is 3.22. The lowest BCUT2D eigenvalue weighted by molar-refractivity contribution is 0.537. The number of thioether (sulfide) groups is 1. The molecular weight excluding hydrogens is 228 g/mol. The quantitative estimate of drug-likeness (QED) is 0.779. The van der Waals surface area contributed by atoms with Crippen LogP contribution >= 0.6 is 23.4 Å². The van der Waals surface area contributed by atoms with E-state index in [1.54, 1.807) is 6.20 Å². The van der Waals surface area contributed by atoms with E-state index >= 15 is 0 Å². The SMILES string of the molecule is CSCCC(C)NCc1cccnc1Cl. The van der Waals surface area contributed by atoms with Crippen molar-refractivity contribution in [2.75, 3.05) is 12.0 Å². The number of rotatable bonds is 6. The van der Waals surface area contributed by atoms with Crippen molar-refractivity contribution in [3.8, 4) is 0 Å². The number of halogens is 1. The van der Waals surface area contributed by atoms with Crippen LogP contribution in [0.25, 0.3) is 0 Å². The van der Waals surface area contributed by atoms with E-state index in [9.17, 15) is 0 Å². The third-order valence-electron chi connectivity index (χ3n) is 2.23. The molecule has 0 aliphatic heterocycles. The Bertz CT molecular complexity index is 294. The maximum absolute atomic E-state index is 5.96. The molecule has 1 aromatic rings. The Hall–Kier alpha value is -0.250. The van der Waals surface area contributed by atoms with Gasteiger partial charge in [0.2, 0.25) is 0 Å². The first-order valence-electron chi connectivity index (χ1n) is 5.05. The van der Waals surface area contributed by atoms with E-state index in [1.807, 2.05) is 23.9 Å². The predicted molar refractivity (Wildman–Crippen MR) is 68.5 cm³/mol. The smallest absolute Gasteiger partial charge is 0.133 e. The Morgan fingerprint density at radius 2 is 2.40 bits per heavy atom. The number of nitrogens with zero attached hydrogens (tertiary/aromatic N) is 1. The number of pyridine rings is 1. The molecule has 0 aliphatic carbocycles. The summed E-state index contributed by atoms with van der Waals surface area (Å²) < 4.78 is 0. The predicted octanol–water partition coefficient (Wildman–Crippen LogP) is 2.97. The zero-order chi connectivity index (χ0) is 11.1. The molecule has 84 valence electrons. The molecule has 1 unspecified atom stereocenters. The highest BCUT2D eigenvalue weighted by Gasteiger charge is 2.03. The molecule has 0 aromatic carbocycles. The lowest BCUT2D eigenvalue weighted by Crippen LogP contribution is -2.26. The van der Waals surface area contributed by atoms with Crippen LogP contribution in [-0.2, 0) is 6.54 Å². The molecule has 0 aliphatic rings. The van der Waals surface area contributed by atoms with Gasteiger partial charge in [-0.1, -0.05) is 17.7 Å². The van der Waals surface area contributed by atoms with Crippen LogP contribution in [0.1, 0.15) is 18.9 Å². The third kappa shape index (κ3) is 4.87. The normalized spacial score (nSPS) is 12.7. The molecule has 4 heteroatoms. The topological polar surface area (TPSA) is 24.9 Å². The summed E-state index contributed by atoms with van der Waals surface area (Å²) >= 11 is 7.83. The van der Waals surface area contributed by atoms with Gasteiger partial charge in [0.15, 0.2) is 0 Å². The van der Waals surface area contributed by atoms with Crippen LogP contribution in [0.3, 0.4) is 0 Å². The van der Waals surface area contributed by atoms with Gasteiger partial charge in [-0.25, -0.2) is 4.98 Å². The van der Waals surface area contributed by atoms with Crippen LogP contribution in [-0.4, -0.2) is 23.0 Å². The van der Waals surface area contributed by atoms with Gasteiger partial charge >= 0.3 is 0 Å². The zero-order valence-electron chi connectivity index (χ0n) is 9.16. The van der Waals surface area contributed by atoms with Crippen molar-refractivity contribution in [3.05, 3.63) is 29.0 Å². The van der Waals surface area contributed by atoms with Gasteiger partial charge in [-0.2, -0.15) is 11.8 Å². The van der Waals surface area contributed by atoms with E-state index in [-0.39, 0.29) is 0 Å². The Labute approximate surface area is 101 Å². The molecule has 1 aromatic heterocycles. The minimum absolute atomic E-state index is 0.522. The minimum Gasteiger partial charge on any atom is -0.310 e. The molecule has 0 spiro atoms. The fourth-order valence-electron chi connectivity index (χ4n) is 1.23. The molecule has 0 fully saturated rings. The highest BCUT2D eigenvalue weighted by atomic mass is 35.5. The summed E-state index contributed by atoms with van der Waals surface area (Å²) in [6.45, 7) is 2.99. The van der Waals surface area contributed by atoms with Crippen molar-refractivity contribution < 1.29 is 0 Å². The van der Waals surface area contributed by atoms with Gasteiger partial charge in [0, 0.05) is 24.3 Å². The maximum Gasteiger partial charge on any atom is 0.133 e. The van der Waals surface area contributed by atoms with Crippen LogP contribution < -0.4 is 5.32 Å². The minimum atomic E-state index is 0.522. The fourth-order valence-corrected chi connectivity index (χ4v) is 2.01. The van der Waals surface area contributed by atoms with Crippen molar-refractivity contribution in [1.29, 1.82) is 0 Å². The zero-order valence-corrected chi connectivity index (χ0v) is 10.7. The van der Waals surface area contributed by atoms with Gasteiger partial charge in [0.05, 0.1) is 0 Å². The van der Waals surface area contributed by atoms with E-state index in [1.165, 1.54) is 12.2 Å². The van der Waals surface area contributed by atoms with Crippen molar-refractivity contribution in [3.63, 3.8) is 0 Å². The van der Waals surface area contributed by atoms with Gasteiger partial charge < -0.3 is 5.32 Å². The van der Waals surface area contributed by atoms with Crippen LogP contribution in [0.15, 0.2) is 18.3 Å². The lowest BCUT2D eigenvalue weighted by Gasteiger charge is -2.13. The highest BCUT2D eigenvalue weighted by Crippen LogP contribution is 2.11. The van der Waals surface area contributed by atoms with Crippen molar-refractivity contribution in [2.24, 2.45) is 0 Å². The molecular formula is C11H17ClN2S. The summed E-state index contributed by atoms with van der Waals surface area (Å²) in [7, 11) is 0. The van der Waals surface area contributed by atoms with Crippen LogP contribution in [0, 0.1) is 0 Å². The van der Waals surface area contributed by atoms with E-state index in [0.717, 1.165) is 12.1 Å². The molecule has 0 saturated heterocycles. The average Bonchev–Trinajstić information content (AvgIpc) is 2.25. The first-order valence-corrected chi connectivity index (χ1v) is 6.83. The fraction of sp³-hybridized carbons (Fsp3) is 0.545. The highest BCUT2D eigenvalue weighted by molar-refractivity contribution is 7.98.